The van der Waals surface area contributed by atoms with Crippen molar-refractivity contribution in [1.82, 2.24) is 4.98 Å². The van der Waals surface area contributed by atoms with Gasteiger partial charge in [0.2, 0.25) is 0 Å². The van der Waals surface area contributed by atoms with Gasteiger partial charge >= 0.3 is 0 Å². The fourth-order valence-corrected chi connectivity index (χ4v) is 3.20. The fourth-order valence-electron chi connectivity index (χ4n) is 3.20. The average Bonchev–Trinajstić information content (AvgIpc) is 2.73. The summed E-state index contributed by atoms with van der Waals surface area (Å²) in [7, 11) is 2.93. The number of carbonyl (C=O) groups excluding carboxylic acids is 2. The maximum absolute atomic E-state index is 13.4. The lowest BCUT2D eigenvalue weighted by Crippen LogP contribution is -2.29. The first-order valence-electron chi connectivity index (χ1n) is 9.22. The second-order valence-corrected chi connectivity index (χ2v) is 6.82. The number of aromatic nitrogens is 1. The van der Waals surface area contributed by atoms with E-state index in [4.69, 9.17) is 14.2 Å². The van der Waals surface area contributed by atoms with E-state index in [1.165, 1.54) is 20.3 Å². The molecular weight excluding hydrogens is 370 g/mol. The van der Waals surface area contributed by atoms with E-state index in [2.05, 4.69) is 4.98 Å². The van der Waals surface area contributed by atoms with Crippen molar-refractivity contribution in [2.75, 3.05) is 14.2 Å². The summed E-state index contributed by atoms with van der Waals surface area (Å²) >= 11 is 0. The SMILES string of the molecule is COc1ccc(OC)c2c1C(=O)C=C([C@@H](CC=C(C)C)Oc1ccncc1)C2=O. The Hall–Kier alpha value is -3.41. The summed E-state index contributed by atoms with van der Waals surface area (Å²) in [6, 6.07) is 6.67. The molecule has 0 aliphatic heterocycles. The molecule has 1 aliphatic rings. The highest BCUT2D eigenvalue weighted by Crippen LogP contribution is 2.37. The van der Waals surface area contributed by atoms with Crippen LogP contribution in [0.25, 0.3) is 0 Å². The predicted octanol–water partition coefficient (Wildman–Crippen LogP) is 4.21. The highest BCUT2D eigenvalue weighted by molar-refractivity contribution is 6.27. The smallest absolute Gasteiger partial charge is 0.197 e. The Morgan fingerprint density at radius 3 is 2.21 bits per heavy atom. The number of Topliss-reactive ketones (excluding diaryl/α,β-unsaturated/α-hetero) is 1. The third-order valence-electron chi connectivity index (χ3n) is 4.61. The van der Waals surface area contributed by atoms with Gasteiger partial charge < -0.3 is 14.2 Å². The summed E-state index contributed by atoms with van der Waals surface area (Å²) in [4.78, 5) is 30.3. The summed E-state index contributed by atoms with van der Waals surface area (Å²) in [6.45, 7) is 3.93. The molecule has 2 aromatic rings. The minimum absolute atomic E-state index is 0.204. The van der Waals surface area contributed by atoms with Crippen LogP contribution in [0.5, 0.6) is 17.2 Å². The van der Waals surface area contributed by atoms with Crippen LogP contribution < -0.4 is 14.2 Å². The molecule has 0 N–H and O–H groups in total. The van der Waals surface area contributed by atoms with E-state index in [1.807, 2.05) is 19.9 Å². The summed E-state index contributed by atoms with van der Waals surface area (Å²) in [6.07, 6.45) is 6.35. The lowest BCUT2D eigenvalue weighted by atomic mass is 9.85. The van der Waals surface area contributed by atoms with Crippen molar-refractivity contribution in [2.45, 2.75) is 26.4 Å². The van der Waals surface area contributed by atoms with Crippen LogP contribution in [0.3, 0.4) is 0 Å². The van der Waals surface area contributed by atoms with Crippen LogP contribution in [0.15, 0.2) is 60.0 Å². The highest BCUT2D eigenvalue weighted by Gasteiger charge is 2.35. The van der Waals surface area contributed by atoms with Gasteiger partial charge in [0.25, 0.3) is 0 Å². The van der Waals surface area contributed by atoms with Crippen molar-refractivity contribution in [1.29, 1.82) is 0 Å². The number of benzene rings is 1. The summed E-state index contributed by atoms with van der Waals surface area (Å²) in [5.41, 5.74) is 1.78. The molecular formula is C23H23NO5. The molecule has 0 saturated carbocycles. The molecule has 0 fully saturated rings. The summed E-state index contributed by atoms with van der Waals surface area (Å²) in [5, 5.41) is 0. The van der Waals surface area contributed by atoms with E-state index in [-0.39, 0.29) is 28.3 Å². The van der Waals surface area contributed by atoms with E-state index >= 15 is 0 Å². The molecule has 6 heteroatoms. The number of hydrogen-bond acceptors (Lipinski definition) is 6. The van der Waals surface area contributed by atoms with E-state index in [1.54, 1.807) is 36.7 Å². The molecule has 1 atom stereocenters. The standard InChI is InChI=1S/C23H23NO5/c1-14(2)5-6-18(29-15-9-11-24-12-10-15)16-13-17(25)21-19(27-3)7-8-20(28-4)22(21)23(16)26/h5,7-13,18H,6H2,1-4H3/t18-/m1/s1. The van der Waals surface area contributed by atoms with Gasteiger partial charge in [-0.2, -0.15) is 0 Å². The van der Waals surface area contributed by atoms with E-state index in [0.29, 0.717) is 23.7 Å². The number of rotatable bonds is 7. The molecule has 1 heterocycles. The second kappa shape index (κ2) is 8.73. The second-order valence-electron chi connectivity index (χ2n) is 6.82. The Kier molecular flexibility index (Phi) is 6.12. The van der Waals surface area contributed by atoms with Gasteiger partial charge in [-0.1, -0.05) is 11.6 Å². The van der Waals surface area contributed by atoms with Crippen molar-refractivity contribution >= 4 is 11.6 Å². The minimum atomic E-state index is -0.632. The van der Waals surface area contributed by atoms with Crippen molar-refractivity contribution in [3.8, 4) is 17.2 Å². The van der Waals surface area contributed by atoms with E-state index < -0.39 is 6.10 Å². The molecule has 0 bridgehead atoms. The summed E-state index contributed by atoms with van der Waals surface area (Å²) in [5.74, 6) is 0.610. The largest absolute Gasteiger partial charge is 0.496 e. The number of pyridine rings is 1. The van der Waals surface area contributed by atoms with Crippen LogP contribution in [0.1, 0.15) is 41.0 Å². The first-order chi connectivity index (χ1) is 14.0. The molecule has 1 aromatic heterocycles. The van der Waals surface area contributed by atoms with Gasteiger partial charge in [-0.05, 0) is 44.2 Å². The van der Waals surface area contributed by atoms with Crippen LogP contribution in [-0.2, 0) is 0 Å². The minimum Gasteiger partial charge on any atom is -0.496 e. The lowest BCUT2D eigenvalue weighted by Gasteiger charge is -2.25. The number of nitrogens with zero attached hydrogens (tertiary/aromatic N) is 1. The Labute approximate surface area is 169 Å². The molecule has 3 rings (SSSR count). The third-order valence-corrected chi connectivity index (χ3v) is 4.61. The number of allylic oxidation sites excluding steroid dienone is 2. The van der Waals surface area contributed by atoms with Crippen LogP contribution in [0.2, 0.25) is 0 Å². The Balaban J connectivity index is 2.07. The fraction of sp³-hybridized carbons (Fsp3) is 0.261. The van der Waals surface area contributed by atoms with E-state index in [9.17, 15) is 9.59 Å². The summed E-state index contributed by atoms with van der Waals surface area (Å²) < 4.78 is 16.7. The zero-order valence-electron chi connectivity index (χ0n) is 16.9. The van der Waals surface area contributed by atoms with Gasteiger partial charge in [0.1, 0.15) is 23.4 Å². The van der Waals surface area contributed by atoms with Gasteiger partial charge in [-0.15, -0.1) is 0 Å². The Morgan fingerprint density at radius 1 is 1.00 bits per heavy atom. The average molecular weight is 393 g/mol. The monoisotopic (exact) mass is 393 g/mol. The maximum Gasteiger partial charge on any atom is 0.197 e. The molecule has 0 amide bonds. The lowest BCUT2D eigenvalue weighted by molar-refractivity contribution is 0.0951. The van der Waals surface area contributed by atoms with Crippen molar-refractivity contribution in [2.24, 2.45) is 0 Å². The van der Waals surface area contributed by atoms with Crippen molar-refractivity contribution < 1.29 is 23.8 Å². The third kappa shape index (κ3) is 4.21. The van der Waals surface area contributed by atoms with Gasteiger partial charge in [0.05, 0.1) is 25.3 Å². The Bertz CT molecular complexity index is 988. The molecule has 0 spiro atoms. The van der Waals surface area contributed by atoms with Gasteiger partial charge in [0, 0.05) is 24.4 Å². The zero-order valence-corrected chi connectivity index (χ0v) is 16.9. The molecule has 1 aromatic carbocycles. The molecule has 150 valence electrons. The highest BCUT2D eigenvalue weighted by atomic mass is 16.5. The number of ketones is 2. The molecule has 0 saturated heterocycles. The maximum atomic E-state index is 13.4. The van der Waals surface area contributed by atoms with Crippen LogP contribution in [0, 0.1) is 0 Å². The first kappa shape index (κ1) is 20.3. The van der Waals surface area contributed by atoms with E-state index in [0.717, 1.165) is 5.57 Å². The molecule has 1 aliphatic carbocycles. The Morgan fingerprint density at radius 2 is 1.62 bits per heavy atom. The molecule has 0 unspecified atom stereocenters. The first-order valence-corrected chi connectivity index (χ1v) is 9.22. The predicted molar refractivity (Wildman–Crippen MR) is 109 cm³/mol. The zero-order chi connectivity index (χ0) is 21.0. The normalized spacial score (nSPS) is 13.9. The quantitative estimate of drug-likeness (QED) is 0.656. The van der Waals surface area contributed by atoms with Gasteiger partial charge in [-0.3, -0.25) is 14.6 Å². The van der Waals surface area contributed by atoms with Crippen molar-refractivity contribution in [3.63, 3.8) is 0 Å². The van der Waals surface area contributed by atoms with Gasteiger partial charge in [0.15, 0.2) is 11.6 Å². The molecule has 6 nitrogen and oxygen atoms in total. The number of carbonyl (C=O) groups is 2. The molecule has 29 heavy (non-hydrogen) atoms. The van der Waals surface area contributed by atoms with Crippen LogP contribution >= 0.6 is 0 Å². The number of hydrogen-bond donors (Lipinski definition) is 0. The van der Waals surface area contributed by atoms with Crippen LogP contribution in [-0.4, -0.2) is 36.9 Å². The van der Waals surface area contributed by atoms with Gasteiger partial charge in [-0.25, -0.2) is 0 Å². The number of methoxy groups -OCH3 is 2. The number of fused-ring (bicyclic) bond motifs is 1. The number of ether oxygens (including phenoxy) is 3. The topological polar surface area (TPSA) is 74.7 Å². The van der Waals surface area contributed by atoms with Crippen LogP contribution in [0.4, 0.5) is 0 Å². The molecule has 0 radical (unpaired) electrons. The van der Waals surface area contributed by atoms with Crippen molar-refractivity contribution in [3.05, 3.63) is 71.1 Å².